The van der Waals surface area contributed by atoms with E-state index in [2.05, 4.69) is 4.74 Å². The number of aliphatic carboxylic acids is 1. The molecule has 0 aromatic carbocycles. The average molecular weight is 362 g/mol. The summed E-state index contributed by atoms with van der Waals surface area (Å²) in [5.41, 5.74) is 0. The Morgan fingerprint density at radius 3 is 1.72 bits per heavy atom. The number of methoxy groups -OCH3 is 1. The predicted octanol–water partition coefficient (Wildman–Crippen LogP) is 2.10. The number of hydrogen-bond donors (Lipinski definition) is 1. The first kappa shape index (κ1) is 21.8. The van der Waals surface area contributed by atoms with E-state index in [1.165, 1.54) is 7.11 Å². The Balaban J connectivity index is 0.000000251. The van der Waals surface area contributed by atoms with Crippen molar-refractivity contribution < 1.29 is 38.4 Å². The van der Waals surface area contributed by atoms with Crippen LogP contribution in [-0.2, 0) is 33.3 Å². The molecule has 0 aliphatic carbocycles. The van der Waals surface area contributed by atoms with E-state index in [0.717, 1.165) is 52.1 Å². The zero-order valence-corrected chi connectivity index (χ0v) is 14.9. The van der Waals surface area contributed by atoms with Crippen molar-refractivity contribution >= 4 is 11.9 Å². The monoisotopic (exact) mass is 362 g/mol. The second-order valence-corrected chi connectivity index (χ2v) is 5.80. The Morgan fingerprint density at radius 2 is 1.32 bits per heavy atom. The molecule has 2 fully saturated rings. The first-order chi connectivity index (χ1) is 12.1. The van der Waals surface area contributed by atoms with Crippen LogP contribution in [0, 0.1) is 0 Å². The molecule has 2 aliphatic heterocycles. The summed E-state index contributed by atoms with van der Waals surface area (Å²) >= 11 is 0. The van der Waals surface area contributed by atoms with E-state index in [4.69, 9.17) is 24.1 Å². The molecule has 8 heteroatoms. The summed E-state index contributed by atoms with van der Waals surface area (Å²) in [5, 5.41) is 8.36. The van der Waals surface area contributed by atoms with Crippen LogP contribution in [0.3, 0.4) is 0 Å². The number of hydrogen-bond acceptors (Lipinski definition) is 7. The highest BCUT2D eigenvalue weighted by Crippen LogP contribution is 2.12. The van der Waals surface area contributed by atoms with Crippen molar-refractivity contribution in [3.8, 4) is 0 Å². The lowest BCUT2D eigenvalue weighted by Gasteiger charge is -2.22. The van der Waals surface area contributed by atoms with Crippen molar-refractivity contribution in [1.82, 2.24) is 0 Å². The van der Waals surface area contributed by atoms with E-state index in [1.54, 1.807) is 0 Å². The zero-order valence-electron chi connectivity index (χ0n) is 14.9. The third-order valence-corrected chi connectivity index (χ3v) is 3.67. The molecule has 0 saturated carbocycles. The smallest absolute Gasteiger partial charge is 0.305 e. The molecule has 25 heavy (non-hydrogen) atoms. The molecule has 146 valence electrons. The summed E-state index contributed by atoms with van der Waals surface area (Å²) in [7, 11) is 1.40. The molecular formula is C17H30O8. The molecule has 0 unspecified atom stereocenters. The highest BCUT2D eigenvalue weighted by atomic mass is 16.7. The number of ether oxygens (including phenoxy) is 5. The maximum absolute atomic E-state index is 10.7. The molecule has 0 aromatic heterocycles. The van der Waals surface area contributed by atoms with Gasteiger partial charge in [-0.3, -0.25) is 9.59 Å². The molecule has 0 aromatic rings. The molecule has 1 N–H and O–H groups in total. The van der Waals surface area contributed by atoms with Gasteiger partial charge in [0.15, 0.2) is 12.6 Å². The van der Waals surface area contributed by atoms with Gasteiger partial charge in [-0.1, -0.05) is 0 Å². The molecule has 0 radical (unpaired) electrons. The fraction of sp³-hybridized carbons (Fsp3) is 0.882. The second-order valence-electron chi connectivity index (χ2n) is 5.80. The van der Waals surface area contributed by atoms with Crippen molar-refractivity contribution in [2.45, 2.75) is 63.9 Å². The van der Waals surface area contributed by atoms with Gasteiger partial charge in [-0.25, -0.2) is 0 Å². The van der Waals surface area contributed by atoms with Crippen LogP contribution in [0.5, 0.6) is 0 Å². The maximum Gasteiger partial charge on any atom is 0.305 e. The second kappa shape index (κ2) is 14.0. The van der Waals surface area contributed by atoms with E-state index in [0.29, 0.717) is 19.3 Å². The Labute approximate surface area is 148 Å². The molecular weight excluding hydrogens is 332 g/mol. The molecule has 2 heterocycles. The van der Waals surface area contributed by atoms with Gasteiger partial charge in [-0.15, -0.1) is 0 Å². The predicted molar refractivity (Wildman–Crippen MR) is 88.0 cm³/mol. The van der Waals surface area contributed by atoms with Gasteiger partial charge in [0.2, 0.25) is 0 Å². The summed E-state index contributed by atoms with van der Waals surface area (Å²) in [5.74, 6) is -0.929. The molecule has 2 saturated heterocycles. The summed E-state index contributed by atoms with van der Waals surface area (Å²) in [6.45, 7) is 3.00. The molecule has 0 amide bonds. The number of rotatable bonds is 8. The Kier molecular flexibility index (Phi) is 12.2. The van der Waals surface area contributed by atoms with Gasteiger partial charge < -0.3 is 28.8 Å². The quantitative estimate of drug-likeness (QED) is 0.655. The fourth-order valence-electron chi connectivity index (χ4n) is 2.34. The van der Waals surface area contributed by atoms with Crippen LogP contribution in [0.2, 0.25) is 0 Å². The van der Waals surface area contributed by atoms with Crippen molar-refractivity contribution in [2.75, 3.05) is 33.5 Å². The standard InChI is InChI=1S/C9H16O4.C8H14O4/c1-11-8(10)4-2-5-9-12-6-3-7-13-9;9-7(10)3-1-4-8-11-5-2-6-12-8/h9H,2-7H2,1H3;8H,1-6H2,(H,9,10). The minimum Gasteiger partial charge on any atom is -0.481 e. The van der Waals surface area contributed by atoms with Crippen LogP contribution in [-0.4, -0.2) is 63.2 Å². The Hall–Kier alpha value is -1.22. The van der Waals surface area contributed by atoms with Gasteiger partial charge in [0.1, 0.15) is 0 Å². The third kappa shape index (κ3) is 11.9. The molecule has 2 rings (SSSR count). The van der Waals surface area contributed by atoms with Gasteiger partial charge in [0.05, 0.1) is 33.5 Å². The van der Waals surface area contributed by atoms with Crippen molar-refractivity contribution in [2.24, 2.45) is 0 Å². The number of carbonyl (C=O) groups is 2. The first-order valence-corrected chi connectivity index (χ1v) is 8.87. The van der Waals surface area contributed by atoms with Crippen LogP contribution in [0.15, 0.2) is 0 Å². The van der Waals surface area contributed by atoms with Gasteiger partial charge in [0.25, 0.3) is 0 Å². The molecule has 8 nitrogen and oxygen atoms in total. The summed E-state index contributed by atoms with van der Waals surface area (Å²) in [6, 6.07) is 0. The topological polar surface area (TPSA) is 101 Å². The van der Waals surface area contributed by atoms with Crippen LogP contribution in [0.1, 0.15) is 51.4 Å². The van der Waals surface area contributed by atoms with Gasteiger partial charge in [0, 0.05) is 12.8 Å². The summed E-state index contributed by atoms with van der Waals surface area (Å²) < 4.78 is 25.6. The summed E-state index contributed by atoms with van der Waals surface area (Å²) in [6.07, 6.45) is 5.11. The minimum atomic E-state index is -0.759. The molecule has 0 spiro atoms. The van der Waals surface area contributed by atoms with E-state index < -0.39 is 5.97 Å². The van der Waals surface area contributed by atoms with Crippen molar-refractivity contribution in [1.29, 1.82) is 0 Å². The van der Waals surface area contributed by atoms with Gasteiger partial charge in [-0.05, 0) is 38.5 Å². The SMILES string of the molecule is COC(=O)CCCC1OCCCO1.O=C(O)CCCC1OCCCO1. The van der Waals surface area contributed by atoms with E-state index in [9.17, 15) is 9.59 Å². The lowest BCUT2D eigenvalue weighted by molar-refractivity contribution is -0.182. The molecule has 0 bridgehead atoms. The lowest BCUT2D eigenvalue weighted by atomic mass is 10.2. The van der Waals surface area contributed by atoms with Crippen LogP contribution >= 0.6 is 0 Å². The normalized spacial score (nSPS) is 18.9. The van der Waals surface area contributed by atoms with Crippen LogP contribution < -0.4 is 0 Å². The number of carbonyl (C=O) groups excluding carboxylic acids is 1. The van der Waals surface area contributed by atoms with Crippen LogP contribution in [0.4, 0.5) is 0 Å². The number of carboxylic acid groups (broad SMARTS) is 1. The van der Waals surface area contributed by atoms with E-state index in [1.807, 2.05) is 0 Å². The zero-order chi connectivity index (χ0) is 18.3. The highest BCUT2D eigenvalue weighted by molar-refractivity contribution is 5.69. The molecule has 2 aliphatic rings. The maximum atomic E-state index is 10.7. The average Bonchev–Trinajstić information content (AvgIpc) is 2.63. The number of carboxylic acids is 1. The van der Waals surface area contributed by atoms with E-state index >= 15 is 0 Å². The number of esters is 1. The van der Waals surface area contributed by atoms with E-state index in [-0.39, 0.29) is 25.0 Å². The van der Waals surface area contributed by atoms with Crippen molar-refractivity contribution in [3.05, 3.63) is 0 Å². The third-order valence-electron chi connectivity index (χ3n) is 3.67. The Bertz CT molecular complexity index is 362. The Morgan fingerprint density at radius 1 is 0.880 bits per heavy atom. The van der Waals surface area contributed by atoms with Crippen molar-refractivity contribution in [3.63, 3.8) is 0 Å². The van der Waals surface area contributed by atoms with Crippen LogP contribution in [0.25, 0.3) is 0 Å². The molecule has 0 atom stereocenters. The first-order valence-electron chi connectivity index (χ1n) is 8.87. The summed E-state index contributed by atoms with van der Waals surface area (Å²) in [4.78, 5) is 20.9. The minimum absolute atomic E-state index is 0.113. The largest absolute Gasteiger partial charge is 0.481 e. The van der Waals surface area contributed by atoms with Gasteiger partial charge >= 0.3 is 11.9 Å². The fourth-order valence-corrected chi connectivity index (χ4v) is 2.34. The van der Waals surface area contributed by atoms with Gasteiger partial charge in [-0.2, -0.15) is 0 Å². The lowest BCUT2D eigenvalue weighted by Crippen LogP contribution is -2.24. The highest BCUT2D eigenvalue weighted by Gasteiger charge is 2.14.